The van der Waals surface area contributed by atoms with E-state index in [-0.39, 0.29) is 5.12 Å². The minimum absolute atomic E-state index is 0.225. The van der Waals surface area contributed by atoms with Gasteiger partial charge in [-0.3, -0.25) is 4.79 Å². The van der Waals surface area contributed by atoms with Crippen molar-refractivity contribution in [3.05, 3.63) is 24.4 Å². The molecule has 0 atom stereocenters. The van der Waals surface area contributed by atoms with Gasteiger partial charge < -0.3 is 0 Å². The van der Waals surface area contributed by atoms with Crippen LogP contribution in [0.2, 0.25) is 0 Å². The highest BCUT2D eigenvalue weighted by molar-refractivity contribution is 8.13. The molecule has 0 bridgehead atoms. The van der Waals surface area contributed by atoms with Crippen molar-refractivity contribution < 1.29 is 4.79 Å². The van der Waals surface area contributed by atoms with E-state index in [2.05, 4.69) is 4.98 Å². The highest BCUT2D eigenvalue weighted by atomic mass is 32.2. The molecular formula is C12H17NOS2. The summed E-state index contributed by atoms with van der Waals surface area (Å²) in [5.74, 6) is 2.07. The number of pyridine rings is 1. The van der Waals surface area contributed by atoms with Crippen LogP contribution in [0.4, 0.5) is 0 Å². The first kappa shape index (κ1) is 13.6. The molecule has 88 valence electrons. The predicted octanol–water partition coefficient (Wildman–Crippen LogP) is 3.62. The highest BCUT2D eigenvalue weighted by Crippen LogP contribution is 2.16. The molecule has 0 saturated heterocycles. The SMILES string of the molecule is CC(=O)SCCCCCSc1ccccn1. The van der Waals surface area contributed by atoms with E-state index in [1.165, 1.54) is 24.6 Å². The fraction of sp³-hybridized carbons (Fsp3) is 0.500. The molecule has 0 radical (unpaired) electrons. The Hall–Kier alpha value is -0.480. The summed E-state index contributed by atoms with van der Waals surface area (Å²) in [5, 5.41) is 1.32. The van der Waals surface area contributed by atoms with E-state index in [1.54, 1.807) is 18.7 Å². The molecule has 1 rings (SSSR count). The average Bonchev–Trinajstić information content (AvgIpc) is 2.29. The van der Waals surface area contributed by atoms with Gasteiger partial charge in [-0.1, -0.05) is 24.2 Å². The van der Waals surface area contributed by atoms with Crippen LogP contribution in [0.5, 0.6) is 0 Å². The Morgan fingerprint density at radius 2 is 2.06 bits per heavy atom. The Bertz CT molecular complexity index is 303. The van der Waals surface area contributed by atoms with Crippen molar-refractivity contribution in [3.63, 3.8) is 0 Å². The maximum absolute atomic E-state index is 10.7. The standard InChI is InChI=1S/C12H17NOS2/c1-11(14)15-9-5-2-6-10-16-12-7-3-4-8-13-12/h3-4,7-8H,2,5-6,9-10H2,1H3. The maximum atomic E-state index is 10.7. The van der Waals surface area contributed by atoms with Gasteiger partial charge in [-0.15, -0.1) is 11.8 Å². The van der Waals surface area contributed by atoms with Crippen LogP contribution in [0.15, 0.2) is 29.4 Å². The Kier molecular flexibility index (Phi) is 7.34. The van der Waals surface area contributed by atoms with Gasteiger partial charge in [0.15, 0.2) is 5.12 Å². The van der Waals surface area contributed by atoms with Crippen molar-refractivity contribution in [3.8, 4) is 0 Å². The molecule has 0 N–H and O–H groups in total. The van der Waals surface area contributed by atoms with Crippen LogP contribution in [0, 0.1) is 0 Å². The van der Waals surface area contributed by atoms with Crippen molar-refractivity contribution in [1.29, 1.82) is 0 Å². The lowest BCUT2D eigenvalue weighted by Gasteiger charge is -2.00. The van der Waals surface area contributed by atoms with Crippen LogP contribution in [0.25, 0.3) is 0 Å². The molecule has 1 aromatic rings. The molecule has 0 aliphatic heterocycles. The summed E-state index contributed by atoms with van der Waals surface area (Å²) in [5.41, 5.74) is 0. The van der Waals surface area contributed by atoms with E-state index >= 15 is 0 Å². The zero-order chi connectivity index (χ0) is 11.6. The fourth-order valence-electron chi connectivity index (χ4n) is 1.21. The van der Waals surface area contributed by atoms with Gasteiger partial charge in [-0.25, -0.2) is 4.98 Å². The molecule has 0 unspecified atom stereocenters. The number of unbranched alkanes of at least 4 members (excludes halogenated alkanes) is 2. The second kappa shape index (κ2) is 8.65. The first-order chi connectivity index (χ1) is 7.79. The summed E-state index contributed by atoms with van der Waals surface area (Å²) >= 11 is 3.23. The van der Waals surface area contributed by atoms with E-state index in [0.717, 1.165) is 23.0 Å². The molecule has 0 aliphatic rings. The smallest absolute Gasteiger partial charge is 0.185 e. The molecule has 1 aromatic heterocycles. The third kappa shape index (κ3) is 6.90. The first-order valence-electron chi connectivity index (χ1n) is 5.46. The van der Waals surface area contributed by atoms with Crippen molar-refractivity contribution in [2.75, 3.05) is 11.5 Å². The lowest BCUT2D eigenvalue weighted by molar-refractivity contribution is -0.109. The fourth-order valence-corrected chi connectivity index (χ4v) is 2.71. The normalized spacial score (nSPS) is 10.3. The van der Waals surface area contributed by atoms with Crippen molar-refractivity contribution in [2.45, 2.75) is 31.2 Å². The van der Waals surface area contributed by atoms with E-state index in [4.69, 9.17) is 0 Å². The quantitative estimate of drug-likeness (QED) is 0.550. The van der Waals surface area contributed by atoms with E-state index in [9.17, 15) is 4.79 Å². The average molecular weight is 255 g/mol. The lowest BCUT2D eigenvalue weighted by atomic mass is 10.3. The molecule has 2 nitrogen and oxygen atoms in total. The summed E-state index contributed by atoms with van der Waals surface area (Å²) in [4.78, 5) is 14.9. The molecule has 16 heavy (non-hydrogen) atoms. The second-order valence-electron chi connectivity index (χ2n) is 3.42. The van der Waals surface area contributed by atoms with Gasteiger partial charge >= 0.3 is 0 Å². The van der Waals surface area contributed by atoms with Gasteiger partial charge in [-0.2, -0.15) is 0 Å². The minimum atomic E-state index is 0.225. The van der Waals surface area contributed by atoms with Crippen molar-refractivity contribution >= 4 is 28.6 Å². The summed E-state index contributed by atoms with van der Waals surface area (Å²) in [7, 11) is 0. The molecule has 0 amide bonds. The predicted molar refractivity (Wildman–Crippen MR) is 72.0 cm³/mol. The Morgan fingerprint density at radius 1 is 1.25 bits per heavy atom. The molecule has 0 aromatic carbocycles. The number of hydrogen-bond acceptors (Lipinski definition) is 4. The molecular weight excluding hydrogens is 238 g/mol. The largest absolute Gasteiger partial charge is 0.288 e. The number of carbonyl (C=O) groups is 1. The first-order valence-corrected chi connectivity index (χ1v) is 7.43. The van der Waals surface area contributed by atoms with Gasteiger partial charge in [0.2, 0.25) is 0 Å². The lowest BCUT2D eigenvalue weighted by Crippen LogP contribution is -1.88. The minimum Gasteiger partial charge on any atom is -0.288 e. The zero-order valence-corrected chi connectivity index (χ0v) is 11.1. The van der Waals surface area contributed by atoms with Gasteiger partial charge in [0, 0.05) is 18.9 Å². The van der Waals surface area contributed by atoms with Crippen molar-refractivity contribution in [1.82, 2.24) is 4.98 Å². The van der Waals surface area contributed by atoms with Crippen LogP contribution in [-0.4, -0.2) is 21.6 Å². The Labute approximate surface area is 106 Å². The molecule has 0 spiro atoms. The van der Waals surface area contributed by atoms with E-state index < -0.39 is 0 Å². The Balaban J connectivity index is 1.94. The van der Waals surface area contributed by atoms with Gasteiger partial charge in [-0.05, 0) is 30.7 Å². The number of hydrogen-bond donors (Lipinski definition) is 0. The van der Waals surface area contributed by atoms with Gasteiger partial charge in [0.1, 0.15) is 0 Å². The summed E-state index contributed by atoms with van der Waals surface area (Å²) in [6.45, 7) is 1.63. The maximum Gasteiger partial charge on any atom is 0.185 e. The number of nitrogens with zero attached hydrogens (tertiary/aromatic N) is 1. The molecule has 1 heterocycles. The second-order valence-corrected chi connectivity index (χ2v) is 5.80. The van der Waals surface area contributed by atoms with E-state index in [0.29, 0.717) is 0 Å². The molecule has 0 aliphatic carbocycles. The van der Waals surface area contributed by atoms with E-state index in [1.807, 2.05) is 24.4 Å². The topological polar surface area (TPSA) is 30.0 Å². The monoisotopic (exact) mass is 255 g/mol. The van der Waals surface area contributed by atoms with Crippen LogP contribution in [-0.2, 0) is 4.79 Å². The Morgan fingerprint density at radius 3 is 2.75 bits per heavy atom. The van der Waals surface area contributed by atoms with Crippen LogP contribution >= 0.6 is 23.5 Å². The highest BCUT2D eigenvalue weighted by Gasteiger charge is 1.96. The zero-order valence-electron chi connectivity index (χ0n) is 9.52. The number of carbonyl (C=O) groups excluding carboxylic acids is 1. The van der Waals surface area contributed by atoms with Crippen molar-refractivity contribution in [2.24, 2.45) is 0 Å². The summed E-state index contributed by atoms with van der Waals surface area (Å²) in [6, 6.07) is 5.98. The molecule has 4 heteroatoms. The van der Waals surface area contributed by atoms with Gasteiger partial charge in [0.25, 0.3) is 0 Å². The third-order valence-corrected chi connectivity index (χ3v) is 3.91. The van der Waals surface area contributed by atoms with Gasteiger partial charge in [0.05, 0.1) is 5.03 Å². The molecule has 0 fully saturated rings. The number of aromatic nitrogens is 1. The van der Waals surface area contributed by atoms with Crippen LogP contribution in [0.1, 0.15) is 26.2 Å². The third-order valence-electron chi connectivity index (χ3n) is 1.98. The van der Waals surface area contributed by atoms with Crippen LogP contribution < -0.4 is 0 Å². The summed E-state index contributed by atoms with van der Waals surface area (Å²) < 4.78 is 0. The summed E-state index contributed by atoms with van der Waals surface area (Å²) in [6.07, 6.45) is 5.35. The number of thioether (sulfide) groups is 2. The van der Waals surface area contributed by atoms with Crippen LogP contribution in [0.3, 0.4) is 0 Å². The molecule has 0 saturated carbocycles. The number of rotatable bonds is 7.